The van der Waals surface area contributed by atoms with Crippen LogP contribution in [0.5, 0.6) is 5.75 Å². The van der Waals surface area contributed by atoms with Gasteiger partial charge in [0.05, 0.1) is 5.56 Å². The Bertz CT molecular complexity index is 1660. The van der Waals surface area contributed by atoms with Crippen LogP contribution in [0.4, 0.5) is 0 Å². The first-order valence-corrected chi connectivity index (χ1v) is 15.0. The number of Topliss-reactive ketones (excluding diaryl/α,β-unsaturated/α-hetero) is 2. The molecular weight excluding hydrogens is 580 g/mol. The second-order valence-electron chi connectivity index (χ2n) is 11.6. The Kier molecular flexibility index (Phi) is 9.22. The van der Waals surface area contributed by atoms with Gasteiger partial charge in [-0.3, -0.25) is 14.4 Å². The number of carbonyl (C=O) groups excluding carboxylic acids is 3. The Balaban J connectivity index is 1.33. The van der Waals surface area contributed by atoms with Crippen molar-refractivity contribution in [3.05, 3.63) is 105 Å². The number of ketones is 2. The molecule has 0 spiro atoms. The number of aromatic hydroxyl groups is 1. The fraction of sp³-hybridized carbons (Fsp3) is 0.286. The molecule has 2 atom stereocenters. The maximum Gasteiger partial charge on any atom is 0.255 e. The number of phenols is 1. The minimum absolute atomic E-state index is 0.0227. The topological polar surface area (TPSA) is 150 Å². The van der Waals surface area contributed by atoms with Crippen molar-refractivity contribution < 1.29 is 29.7 Å². The fourth-order valence-electron chi connectivity index (χ4n) is 6.45. The van der Waals surface area contributed by atoms with Crippen LogP contribution in [0.1, 0.15) is 48.4 Å². The molecule has 0 bridgehead atoms. The number of hydrogen-bond acceptors (Lipinski definition) is 7. The Morgan fingerprint density at radius 3 is 2.32 bits per heavy atom. The predicted molar refractivity (Wildman–Crippen MR) is 169 cm³/mol. The number of aliphatic hydroxyl groups is 2. The van der Waals surface area contributed by atoms with E-state index in [1.165, 1.54) is 11.6 Å². The quantitative estimate of drug-likeness (QED) is 0.0642. The van der Waals surface area contributed by atoms with Gasteiger partial charge < -0.3 is 26.4 Å². The Morgan fingerprint density at radius 2 is 1.66 bits per heavy atom. The number of primary amides is 1. The number of carbonyl (C=O) groups is 3. The molecule has 3 aromatic carbocycles. The predicted octanol–water partition coefficient (Wildman–Crippen LogP) is 5.74. The molecule has 1 saturated carbocycles. The SMILES string of the molecule is CC(=O)/C(C(N)=O)=C(/O)C[C@H]1CC(=O)C2=C(O)c3c(O)ccc(-c4ccc(CNCCc5ccc(Cl)cc5)cc4)c3C[C@H]2C1. The number of nitrogens with one attached hydrogen (secondary N) is 1. The maximum atomic E-state index is 13.2. The van der Waals surface area contributed by atoms with E-state index in [2.05, 4.69) is 5.32 Å². The smallest absolute Gasteiger partial charge is 0.255 e. The molecule has 2 aliphatic rings. The van der Waals surface area contributed by atoms with Crippen molar-refractivity contribution in [3.63, 3.8) is 0 Å². The summed E-state index contributed by atoms with van der Waals surface area (Å²) < 4.78 is 0. The molecule has 6 N–H and O–H groups in total. The summed E-state index contributed by atoms with van der Waals surface area (Å²) in [5.74, 6) is -3.40. The molecule has 8 nitrogen and oxygen atoms in total. The largest absolute Gasteiger partial charge is 0.511 e. The molecule has 5 rings (SSSR count). The van der Waals surface area contributed by atoms with Crippen LogP contribution in [-0.4, -0.2) is 39.3 Å². The van der Waals surface area contributed by atoms with Crippen molar-refractivity contribution in [1.29, 1.82) is 0 Å². The molecule has 44 heavy (non-hydrogen) atoms. The third-order valence-corrected chi connectivity index (χ3v) is 8.75. The van der Waals surface area contributed by atoms with Gasteiger partial charge in [-0.15, -0.1) is 0 Å². The lowest BCUT2D eigenvalue weighted by atomic mass is 9.68. The van der Waals surface area contributed by atoms with Crippen molar-refractivity contribution in [2.24, 2.45) is 17.6 Å². The number of hydrogen-bond donors (Lipinski definition) is 5. The second-order valence-corrected chi connectivity index (χ2v) is 12.0. The lowest BCUT2D eigenvalue weighted by molar-refractivity contribution is -0.120. The minimum atomic E-state index is -1.01. The van der Waals surface area contributed by atoms with E-state index >= 15 is 0 Å². The number of amides is 1. The monoisotopic (exact) mass is 614 g/mol. The van der Waals surface area contributed by atoms with Gasteiger partial charge in [-0.2, -0.15) is 0 Å². The van der Waals surface area contributed by atoms with Crippen molar-refractivity contribution >= 4 is 34.8 Å². The zero-order valence-electron chi connectivity index (χ0n) is 24.4. The van der Waals surface area contributed by atoms with E-state index in [1.807, 2.05) is 54.6 Å². The Hall–Kier alpha value is -4.40. The van der Waals surface area contributed by atoms with E-state index < -0.39 is 23.0 Å². The van der Waals surface area contributed by atoms with Gasteiger partial charge in [-0.05, 0) is 90.6 Å². The van der Waals surface area contributed by atoms with E-state index in [0.29, 0.717) is 19.4 Å². The van der Waals surface area contributed by atoms with Crippen LogP contribution in [-0.2, 0) is 33.8 Å². The van der Waals surface area contributed by atoms with Crippen LogP contribution in [0.25, 0.3) is 16.9 Å². The first-order chi connectivity index (χ1) is 21.0. The summed E-state index contributed by atoms with van der Waals surface area (Å²) in [6.07, 6.45) is 1.69. The van der Waals surface area contributed by atoms with Crippen molar-refractivity contribution in [2.75, 3.05) is 6.54 Å². The Labute approximate surface area is 260 Å². The second kappa shape index (κ2) is 13.1. The number of aliphatic hydroxyl groups excluding tert-OH is 2. The van der Waals surface area contributed by atoms with Gasteiger partial charge in [-0.25, -0.2) is 0 Å². The molecule has 1 amide bonds. The number of halogens is 1. The first kappa shape index (κ1) is 31.0. The summed E-state index contributed by atoms with van der Waals surface area (Å²) in [5.41, 5.74) is 10.2. The normalized spacial score (nSPS) is 18.4. The average Bonchev–Trinajstić information content (AvgIpc) is 2.96. The maximum absolute atomic E-state index is 13.2. The summed E-state index contributed by atoms with van der Waals surface area (Å²) in [6.45, 7) is 2.66. The van der Waals surface area contributed by atoms with Crippen molar-refractivity contribution in [2.45, 2.75) is 45.6 Å². The van der Waals surface area contributed by atoms with Crippen LogP contribution in [0.2, 0.25) is 5.02 Å². The molecule has 0 unspecified atom stereocenters. The van der Waals surface area contributed by atoms with Gasteiger partial charge in [0.2, 0.25) is 0 Å². The molecule has 0 radical (unpaired) electrons. The molecule has 0 heterocycles. The van der Waals surface area contributed by atoms with Gasteiger partial charge in [0.25, 0.3) is 5.91 Å². The molecule has 2 aliphatic carbocycles. The number of nitrogens with two attached hydrogens (primary N) is 1. The van der Waals surface area contributed by atoms with Crippen LogP contribution in [0, 0.1) is 11.8 Å². The van der Waals surface area contributed by atoms with E-state index in [0.717, 1.165) is 47.2 Å². The zero-order chi connectivity index (χ0) is 31.5. The molecule has 0 aromatic heterocycles. The summed E-state index contributed by atoms with van der Waals surface area (Å²) in [6, 6.07) is 19.2. The lowest BCUT2D eigenvalue weighted by Crippen LogP contribution is -2.32. The highest BCUT2D eigenvalue weighted by atomic mass is 35.5. The van der Waals surface area contributed by atoms with Gasteiger partial charge in [-0.1, -0.05) is 54.1 Å². The van der Waals surface area contributed by atoms with Crippen molar-refractivity contribution in [3.8, 4) is 16.9 Å². The van der Waals surface area contributed by atoms with Crippen LogP contribution >= 0.6 is 11.6 Å². The zero-order valence-corrected chi connectivity index (χ0v) is 25.2. The summed E-state index contributed by atoms with van der Waals surface area (Å²) in [4.78, 5) is 36.8. The van der Waals surface area contributed by atoms with Gasteiger partial charge in [0.15, 0.2) is 11.6 Å². The van der Waals surface area contributed by atoms with Gasteiger partial charge in [0, 0.05) is 30.0 Å². The minimum Gasteiger partial charge on any atom is -0.511 e. The average molecular weight is 615 g/mol. The number of rotatable bonds is 10. The Morgan fingerprint density at radius 1 is 0.977 bits per heavy atom. The van der Waals surface area contributed by atoms with Gasteiger partial charge in [0.1, 0.15) is 22.8 Å². The number of benzene rings is 3. The number of allylic oxidation sites excluding steroid dienone is 2. The highest BCUT2D eigenvalue weighted by Crippen LogP contribution is 2.48. The van der Waals surface area contributed by atoms with E-state index in [9.17, 15) is 29.7 Å². The highest BCUT2D eigenvalue weighted by Gasteiger charge is 2.40. The highest BCUT2D eigenvalue weighted by molar-refractivity contribution is 6.30. The third kappa shape index (κ3) is 6.56. The number of fused-ring (bicyclic) bond motifs is 2. The van der Waals surface area contributed by atoms with Crippen LogP contribution in [0.3, 0.4) is 0 Å². The van der Waals surface area contributed by atoms with Crippen LogP contribution < -0.4 is 11.1 Å². The van der Waals surface area contributed by atoms with Gasteiger partial charge >= 0.3 is 0 Å². The number of phenolic OH excluding ortho intramolecular Hbond substituents is 1. The van der Waals surface area contributed by atoms with E-state index in [1.54, 1.807) is 0 Å². The van der Waals surface area contributed by atoms with Crippen LogP contribution in [0.15, 0.2) is 77.6 Å². The molecule has 9 heteroatoms. The third-order valence-electron chi connectivity index (χ3n) is 8.50. The standard InChI is InChI=1S/C35H35ClN2O6/c1-19(39)31(35(37)44)29(41)15-22-14-24-17-27-26(10-11-28(40)33(27)34(43)32(24)30(42)16-22)23-6-2-21(3-7-23)18-38-13-12-20-4-8-25(36)9-5-20/h2-11,22,24,38,40-41,43H,12-18H2,1H3,(H2,37,44)/b31-29-/t22-,24+/m0/s1. The first-order valence-electron chi connectivity index (χ1n) is 14.6. The molecular formula is C35H35ClN2O6. The fourth-order valence-corrected chi connectivity index (χ4v) is 6.57. The summed E-state index contributed by atoms with van der Waals surface area (Å²) in [7, 11) is 0. The van der Waals surface area contributed by atoms with Crippen molar-refractivity contribution in [1.82, 2.24) is 5.32 Å². The molecule has 0 aliphatic heterocycles. The molecule has 1 fully saturated rings. The lowest BCUT2D eigenvalue weighted by Gasteiger charge is -2.35. The van der Waals surface area contributed by atoms with E-state index in [-0.39, 0.29) is 53.1 Å². The summed E-state index contributed by atoms with van der Waals surface area (Å²) in [5, 5.41) is 36.7. The molecule has 3 aromatic rings. The molecule has 228 valence electrons. The van der Waals surface area contributed by atoms with E-state index in [4.69, 9.17) is 17.3 Å². The summed E-state index contributed by atoms with van der Waals surface area (Å²) >= 11 is 5.96. The molecule has 0 saturated heterocycles.